The predicted octanol–water partition coefficient (Wildman–Crippen LogP) is 2.11. The lowest BCUT2D eigenvalue weighted by Gasteiger charge is -2.14. The Hall–Kier alpha value is -1.10. The summed E-state index contributed by atoms with van der Waals surface area (Å²) in [5, 5.41) is 6.65. The monoisotopic (exact) mass is 506 g/mol. The third-order valence-corrected chi connectivity index (χ3v) is 4.24. The number of ether oxygens (including phenoxy) is 3. The van der Waals surface area contributed by atoms with E-state index in [1.807, 2.05) is 26.2 Å². The molecule has 1 aromatic carbocycles. The van der Waals surface area contributed by atoms with Crippen molar-refractivity contribution >= 4 is 29.9 Å². The van der Waals surface area contributed by atoms with E-state index in [1.54, 1.807) is 7.05 Å². The summed E-state index contributed by atoms with van der Waals surface area (Å²) in [5.41, 5.74) is 1.16. The van der Waals surface area contributed by atoms with Gasteiger partial charge in [0.05, 0.1) is 12.7 Å². The van der Waals surface area contributed by atoms with Crippen LogP contribution in [-0.4, -0.2) is 77.6 Å². The van der Waals surface area contributed by atoms with Crippen LogP contribution in [-0.2, 0) is 16.0 Å². The zero-order valence-electron chi connectivity index (χ0n) is 17.3. The molecule has 7 nitrogen and oxygen atoms in total. The Morgan fingerprint density at radius 1 is 1.29 bits per heavy atom. The molecule has 1 saturated heterocycles. The fourth-order valence-electron chi connectivity index (χ4n) is 2.67. The number of aliphatic imine (C=N–C) groups is 1. The van der Waals surface area contributed by atoms with Crippen LogP contribution in [0.2, 0.25) is 0 Å². The largest absolute Gasteiger partial charge is 0.492 e. The fourth-order valence-corrected chi connectivity index (χ4v) is 2.67. The minimum absolute atomic E-state index is 0. The smallest absolute Gasteiger partial charge is 0.191 e. The molecular formula is C20H35IN4O3. The molecule has 1 heterocycles. The number of benzene rings is 1. The van der Waals surface area contributed by atoms with E-state index in [0.29, 0.717) is 13.2 Å². The van der Waals surface area contributed by atoms with Gasteiger partial charge in [-0.1, -0.05) is 12.1 Å². The van der Waals surface area contributed by atoms with Gasteiger partial charge in [0.1, 0.15) is 12.4 Å². The van der Waals surface area contributed by atoms with Gasteiger partial charge in [0, 0.05) is 39.9 Å². The van der Waals surface area contributed by atoms with Crippen LogP contribution in [0.4, 0.5) is 0 Å². The van der Waals surface area contributed by atoms with Gasteiger partial charge in [-0.15, -0.1) is 24.0 Å². The van der Waals surface area contributed by atoms with Crippen molar-refractivity contribution in [2.45, 2.75) is 25.5 Å². The van der Waals surface area contributed by atoms with E-state index >= 15 is 0 Å². The summed E-state index contributed by atoms with van der Waals surface area (Å²) in [4.78, 5) is 6.37. The Balaban J connectivity index is 0.00000392. The summed E-state index contributed by atoms with van der Waals surface area (Å²) >= 11 is 0. The maximum atomic E-state index is 5.79. The molecule has 1 aromatic rings. The van der Waals surface area contributed by atoms with Crippen molar-refractivity contribution < 1.29 is 14.2 Å². The molecule has 160 valence electrons. The van der Waals surface area contributed by atoms with Gasteiger partial charge in [0.2, 0.25) is 0 Å². The molecule has 1 unspecified atom stereocenters. The number of nitrogens with one attached hydrogen (secondary N) is 2. The highest BCUT2D eigenvalue weighted by atomic mass is 127. The first kappa shape index (κ1) is 24.9. The Bertz CT molecular complexity index is 566. The van der Waals surface area contributed by atoms with E-state index in [0.717, 1.165) is 63.0 Å². The highest BCUT2D eigenvalue weighted by Crippen LogP contribution is 2.13. The molecule has 0 spiro atoms. The van der Waals surface area contributed by atoms with Crippen LogP contribution in [0.15, 0.2) is 29.3 Å². The summed E-state index contributed by atoms with van der Waals surface area (Å²) in [6.45, 7) is 5.39. The summed E-state index contributed by atoms with van der Waals surface area (Å²) in [6.07, 6.45) is 2.22. The lowest BCUT2D eigenvalue weighted by Crippen LogP contribution is -2.37. The first-order valence-corrected chi connectivity index (χ1v) is 9.67. The molecule has 1 aliphatic heterocycles. The van der Waals surface area contributed by atoms with E-state index in [2.05, 4.69) is 32.7 Å². The summed E-state index contributed by atoms with van der Waals surface area (Å²) < 4.78 is 16.9. The molecule has 1 aliphatic rings. The SMILES string of the molecule is CN=C(NCCCOC1CCOC1)NCc1cccc(OCCN(C)C)c1.I. The lowest BCUT2D eigenvalue weighted by atomic mass is 10.2. The van der Waals surface area contributed by atoms with Gasteiger partial charge in [-0.3, -0.25) is 4.99 Å². The van der Waals surface area contributed by atoms with Crippen molar-refractivity contribution in [1.82, 2.24) is 15.5 Å². The molecule has 0 amide bonds. The average molecular weight is 506 g/mol. The van der Waals surface area contributed by atoms with E-state index in [4.69, 9.17) is 14.2 Å². The minimum Gasteiger partial charge on any atom is -0.492 e. The average Bonchev–Trinajstić information content (AvgIpc) is 3.17. The maximum absolute atomic E-state index is 5.79. The zero-order valence-corrected chi connectivity index (χ0v) is 19.6. The molecule has 0 radical (unpaired) electrons. The number of hydrogen-bond acceptors (Lipinski definition) is 5. The van der Waals surface area contributed by atoms with E-state index in [-0.39, 0.29) is 30.1 Å². The minimum atomic E-state index is 0. The molecule has 2 N–H and O–H groups in total. The van der Waals surface area contributed by atoms with Crippen molar-refractivity contribution in [3.05, 3.63) is 29.8 Å². The van der Waals surface area contributed by atoms with E-state index < -0.39 is 0 Å². The Kier molecular flexibility index (Phi) is 13.2. The second-order valence-electron chi connectivity index (χ2n) is 6.86. The van der Waals surface area contributed by atoms with Gasteiger partial charge in [-0.2, -0.15) is 0 Å². The van der Waals surface area contributed by atoms with Gasteiger partial charge in [-0.25, -0.2) is 0 Å². The third-order valence-electron chi connectivity index (χ3n) is 4.24. The molecule has 0 saturated carbocycles. The van der Waals surface area contributed by atoms with Gasteiger partial charge in [-0.05, 0) is 44.6 Å². The molecule has 28 heavy (non-hydrogen) atoms. The second-order valence-corrected chi connectivity index (χ2v) is 6.86. The normalized spacial score (nSPS) is 16.7. The number of nitrogens with zero attached hydrogens (tertiary/aromatic N) is 2. The fraction of sp³-hybridized carbons (Fsp3) is 0.650. The highest BCUT2D eigenvalue weighted by Gasteiger charge is 2.15. The maximum Gasteiger partial charge on any atom is 0.191 e. The number of guanidine groups is 1. The Morgan fingerprint density at radius 2 is 2.14 bits per heavy atom. The van der Waals surface area contributed by atoms with E-state index in [1.165, 1.54) is 0 Å². The molecule has 0 bridgehead atoms. The second kappa shape index (κ2) is 14.8. The summed E-state index contributed by atoms with van der Waals surface area (Å²) in [6, 6.07) is 8.15. The topological polar surface area (TPSA) is 67.4 Å². The molecular weight excluding hydrogens is 471 g/mol. The number of rotatable bonds is 11. The molecule has 2 rings (SSSR count). The van der Waals surface area contributed by atoms with Gasteiger partial charge in [0.25, 0.3) is 0 Å². The summed E-state index contributed by atoms with van der Waals surface area (Å²) in [7, 11) is 5.86. The zero-order chi connectivity index (χ0) is 19.3. The van der Waals surface area contributed by atoms with Crippen LogP contribution in [0.25, 0.3) is 0 Å². The number of likely N-dealkylation sites (N-methyl/N-ethyl adjacent to an activating group) is 1. The van der Waals surface area contributed by atoms with Crippen LogP contribution in [0.1, 0.15) is 18.4 Å². The quantitative estimate of drug-likeness (QED) is 0.208. The standard InChI is InChI=1S/C20H34N4O3.HI/c1-21-20(22-9-5-11-26-19-8-12-25-16-19)23-15-17-6-4-7-18(14-17)27-13-10-24(2)3;/h4,6-7,14,19H,5,8-13,15-16H2,1-3H3,(H2,21,22,23);1H. The van der Waals surface area contributed by atoms with Crippen LogP contribution >= 0.6 is 24.0 Å². The molecule has 8 heteroatoms. The van der Waals surface area contributed by atoms with Gasteiger partial charge < -0.3 is 29.7 Å². The molecule has 0 aliphatic carbocycles. The Morgan fingerprint density at radius 3 is 2.86 bits per heavy atom. The van der Waals surface area contributed by atoms with Crippen molar-refractivity contribution in [3.63, 3.8) is 0 Å². The van der Waals surface area contributed by atoms with E-state index in [9.17, 15) is 0 Å². The van der Waals surface area contributed by atoms with Crippen LogP contribution in [0.3, 0.4) is 0 Å². The highest BCUT2D eigenvalue weighted by molar-refractivity contribution is 14.0. The molecule has 0 aromatic heterocycles. The van der Waals surface area contributed by atoms with Crippen molar-refractivity contribution in [1.29, 1.82) is 0 Å². The van der Waals surface area contributed by atoms with Crippen molar-refractivity contribution in [2.24, 2.45) is 4.99 Å². The third kappa shape index (κ3) is 10.4. The number of halogens is 1. The van der Waals surface area contributed by atoms with Crippen LogP contribution in [0, 0.1) is 0 Å². The number of hydrogen-bond donors (Lipinski definition) is 2. The molecule has 1 atom stereocenters. The van der Waals surface area contributed by atoms with Crippen molar-refractivity contribution in [3.8, 4) is 5.75 Å². The van der Waals surface area contributed by atoms with Crippen LogP contribution in [0.5, 0.6) is 5.75 Å². The predicted molar refractivity (Wildman–Crippen MR) is 124 cm³/mol. The van der Waals surface area contributed by atoms with Crippen LogP contribution < -0.4 is 15.4 Å². The lowest BCUT2D eigenvalue weighted by molar-refractivity contribution is 0.0420. The summed E-state index contributed by atoms with van der Waals surface area (Å²) in [5.74, 6) is 1.69. The first-order valence-electron chi connectivity index (χ1n) is 9.67. The first-order chi connectivity index (χ1) is 13.2. The Labute approximate surface area is 186 Å². The van der Waals surface area contributed by atoms with Crippen molar-refractivity contribution in [2.75, 3.05) is 60.7 Å². The van der Waals surface area contributed by atoms with Gasteiger partial charge in [0.15, 0.2) is 5.96 Å². The molecule has 1 fully saturated rings. The van der Waals surface area contributed by atoms with Gasteiger partial charge >= 0.3 is 0 Å².